The normalized spacial score (nSPS) is 16.1. The Bertz CT molecular complexity index is 1300. The van der Waals surface area contributed by atoms with Gasteiger partial charge in [-0.1, -0.05) is 17.3 Å². The summed E-state index contributed by atoms with van der Waals surface area (Å²) < 4.78 is 10.7. The molecule has 9 nitrogen and oxygen atoms in total. The molecule has 1 saturated heterocycles. The van der Waals surface area contributed by atoms with Crippen LogP contribution in [0.1, 0.15) is 32.6 Å². The van der Waals surface area contributed by atoms with Crippen molar-refractivity contribution in [3.05, 3.63) is 76.9 Å². The predicted molar refractivity (Wildman–Crippen MR) is 125 cm³/mol. The van der Waals surface area contributed by atoms with E-state index in [-0.39, 0.29) is 11.9 Å². The van der Waals surface area contributed by atoms with Crippen molar-refractivity contribution in [2.75, 3.05) is 19.8 Å². The lowest BCUT2D eigenvalue weighted by atomic mass is 9.97. The number of ether oxygens (including phenoxy) is 1. The quantitative estimate of drug-likeness (QED) is 0.452. The minimum Gasteiger partial charge on any atom is -0.377 e. The van der Waals surface area contributed by atoms with Crippen LogP contribution in [0.4, 0.5) is 0 Å². The standard InChI is InChI=1S/C25H26N6O3/c1-16-4-5-19(13-21(16)24-26-15-34-29-24)12-20-14-33-9-8-30(20)25(32)22-10-17(2)18(3)11-23(22)31-27-6-7-28-31/h4-7,10-11,13,15,20H,8-9,12,14H2,1-3H3. The van der Waals surface area contributed by atoms with E-state index < -0.39 is 0 Å². The number of nitrogens with zero attached hydrogens (tertiary/aromatic N) is 6. The molecule has 0 spiro atoms. The van der Waals surface area contributed by atoms with Gasteiger partial charge in [0.15, 0.2) is 0 Å². The molecule has 174 valence electrons. The summed E-state index contributed by atoms with van der Waals surface area (Å²) in [5.41, 5.74) is 6.45. The maximum atomic E-state index is 13.9. The average molecular weight is 459 g/mol. The molecule has 1 aliphatic heterocycles. The number of benzene rings is 2. The fraction of sp³-hybridized carbons (Fsp3) is 0.320. The van der Waals surface area contributed by atoms with Crippen molar-refractivity contribution in [3.63, 3.8) is 0 Å². The maximum absolute atomic E-state index is 13.9. The van der Waals surface area contributed by atoms with Gasteiger partial charge in [0.2, 0.25) is 12.2 Å². The van der Waals surface area contributed by atoms with Gasteiger partial charge in [0.05, 0.1) is 42.9 Å². The molecule has 1 atom stereocenters. The van der Waals surface area contributed by atoms with Crippen LogP contribution in [-0.4, -0.2) is 61.7 Å². The third-order valence-electron chi connectivity index (χ3n) is 6.34. The lowest BCUT2D eigenvalue weighted by Crippen LogP contribution is -2.50. The zero-order valence-electron chi connectivity index (χ0n) is 19.4. The van der Waals surface area contributed by atoms with Gasteiger partial charge in [-0.25, -0.2) is 0 Å². The van der Waals surface area contributed by atoms with Crippen molar-refractivity contribution in [2.45, 2.75) is 33.2 Å². The van der Waals surface area contributed by atoms with E-state index in [2.05, 4.69) is 32.5 Å². The lowest BCUT2D eigenvalue weighted by molar-refractivity contribution is -0.00165. The monoisotopic (exact) mass is 458 g/mol. The van der Waals surface area contributed by atoms with Crippen LogP contribution in [-0.2, 0) is 11.2 Å². The Kier molecular flexibility index (Phi) is 5.93. The molecular formula is C25H26N6O3. The van der Waals surface area contributed by atoms with E-state index in [0.717, 1.165) is 27.8 Å². The second-order valence-electron chi connectivity index (χ2n) is 8.61. The van der Waals surface area contributed by atoms with Crippen molar-refractivity contribution >= 4 is 5.91 Å². The van der Waals surface area contributed by atoms with Gasteiger partial charge in [0.1, 0.15) is 0 Å². The van der Waals surface area contributed by atoms with Gasteiger partial charge in [-0.2, -0.15) is 20.0 Å². The molecule has 1 aliphatic rings. The molecule has 0 saturated carbocycles. The Balaban J connectivity index is 1.46. The number of hydrogen-bond donors (Lipinski definition) is 0. The van der Waals surface area contributed by atoms with Crippen LogP contribution in [0.25, 0.3) is 17.1 Å². The molecule has 0 N–H and O–H groups in total. The second kappa shape index (κ2) is 9.18. The number of rotatable bonds is 5. The molecule has 9 heteroatoms. The van der Waals surface area contributed by atoms with Crippen LogP contribution in [0.2, 0.25) is 0 Å². The number of carbonyl (C=O) groups excluding carboxylic acids is 1. The lowest BCUT2D eigenvalue weighted by Gasteiger charge is -2.36. The second-order valence-corrected chi connectivity index (χ2v) is 8.61. The summed E-state index contributed by atoms with van der Waals surface area (Å²) in [6.07, 6.45) is 5.20. The van der Waals surface area contributed by atoms with Gasteiger partial charge in [0, 0.05) is 12.1 Å². The Hall–Kier alpha value is -3.85. The topological polar surface area (TPSA) is 99.2 Å². The van der Waals surface area contributed by atoms with Crippen molar-refractivity contribution in [3.8, 4) is 17.1 Å². The summed E-state index contributed by atoms with van der Waals surface area (Å²) in [5.74, 6) is 0.507. The van der Waals surface area contributed by atoms with Gasteiger partial charge < -0.3 is 14.2 Å². The summed E-state index contributed by atoms with van der Waals surface area (Å²) in [4.78, 5) is 21.5. The number of amides is 1. The Morgan fingerprint density at radius 1 is 1.06 bits per heavy atom. The summed E-state index contributed by atoms with van der Waals surface area (Å²) in [6.45, 7) is 7.54. The van der Waals surface area contributed by atoms with Crippen LogP contribution < -0.4 is 0 Å². The number of hydrogen-bond acceptors (Lipinski definition) is 7. The number of aryl methyl sites for hydroxylation is 3. The SMILES string of the molecule is Cc1cc(C(=O)N2CCOCC2Cc2ccc(C)c(-c3ncon3)c2)c(-n2nccn2)cc1C. The van der Waals surface area contributed by atoms with Crippen LogP contribution in [0.3, 0.4) is 0 Å². The third kappa shape index (κ3) is 4.22. The van der Waals surface area contributed by atoms with Gasteiger partial charge >= 0.3 is 0 Å². The van der Waals surface area contributed by atoms with Gasteiger partial charge in [-0.15, -0.1) is 0 Å². The van der Waals surface area contributed by atoms with E-state index in [1.54, 1.807) is 12.4 Å². The smallest absolute Gasteiger partial charge is 0.256 e. The van der Waals surface area contributed by atoms with E-state index in [1.807, 2.05) is 43.9 Å². The van der Waals surface area contributed by atoms with Crippen molar-refractivity contribution in [1.29, 1.82) is 0 Å². The molecule has 2 aromatic heterocycles. The first-order chi connectivity index (χ1) is 16.5. The molecule has 0 aliphatic carbocycles. The predicted octanol–water partition coefficient (Wildman–Crippen LogP) is 3.33. The molecular weight excluding hydrogens is 432 g/mol. The van der Waals surface area contributed by atoms with E-state index >= 15 is 0 Å². The minimum atomic E-state index is -0.109. The average Bonchev–Trinajstić information content (AvgIpc) is 3.56. The highest BCUT2D eigenvalue weighted by Gasteiger charge is 2.30. The Labute approximate surface area is 197 Å². The summed E-state index contributed by atoms with van der Waals surface area (Å²) in [6, 6.07) is 9.97. The largest absolute Gasteiger partial charge is 0.377 e. The molecule has 1 fully saturated rings. The number of morpholine rings is 1. The molecule has 3 heterocycles. The highest BCUT2D eigenvalue weighted by Crippen LogP contribution is 2.26. The summed E-state index contributed by atoms with van der Waals surface area (Å²) >= 11 is 0. The van der Waals surface area contributed by atoms with Crippen LogP contribution in [0, 0.1) is 20.8 Å². The van der Waals surface area contributed by atoms with E-state index in [9.17, 15) is 4.79 Å². The van der Waals surface area contributed by atoms with Crippen molar-refractivity contribution in [1.82, 2.24) is 30.0 Å². The van der Waals surface area contributed by atoms with Crippen molar-refractivity contribution in [2.24, 2.45) is 0 Å². The summed E-state index contributed by atoms with van der Waals surface area (Å²) in [7, 11) is 0. The zero-order valence-corrected chi connectivity index (χ0v) is 19.4. The minimum absolute atomic E-state index is 0.0470. The Morgan fingerprint density at radius 3 is 2.62 bits per heavy atom. The summed E-state index contributed by atoms with van der Waals surface area (Å²) in [5, 5.41) is 12.5. The molecule has 0 radical (unpaired) electrons. The molecule has 1 unspecified atom stereocenters. The van der Waals surface area contributed by atoms with Gasteiger partial charge in [0.25, 0.3) is 5.91 Å². The first kappa shape index (κ1) is 22.0. The number of aromatic nitrogens is 5. The van der Waals surface area contributed by atoms with Crippen LogP contribution in [0.5, 0.6) is 0 Å². The molecule has 34 heavy (non-hydrogen) atoms. The van der Waals surface area contributed by atoms with E-state index in [4.69, 9.17) is 9.26 Å². The number of carbonyl (C=O) groups is 1. The van der Waals surface area contributed by atoms with Gasteiger partial charge in [-0.3, -0.25) is 4.79 Å². The molecule has 2 aromatic carbocycles. The molecule has 0 bridgehead atoms. The van der Waals surface area contributed by atoms with Gasteiger partial charge in [-0.05, 0) is 67.6 Å². The van der Waals surface area contributed by atoms with E-state index in [1.165, 1.54) is 11.2 Å². The van der Waals surface area contributed by atoms with Crippen LogP contribution >= 0.6 is 0 Å². The highest BCUT2D eigenvalue weighted by molar-refractivity contribution is 5.98. The van der Waals surface area contributed by atoms with E-state index in [0.29, 0.717) is 43.3 Å². The molecule has 1 amide bonds. The Morgan fingerprint density at radius 2 is 1.85 bits per heavy atom. The van der Waals surface area contributed by atoms with Crippen molar-refractivity contribution < 1.29 is 14.1 Å². The fourth-order valence-corrected chi connectivity index (χ4v) is 4.32. The van der Waals surface area contributed by atoms with Crippen LogP contribution in [0.15, 0.2) is 53.6 Å². The first-order valence-electron chi connectivity index (χ1n) is 11.2. The third-order valence-corrected chi connectivity index (χ3v) is 6.34. The first-order valence-corrected chi connectivity index (χ1v) is 11.2. The maximum Gasteiger partial charge on any atom is 0.256 e. The molecule has 4 aromatic rings. The fourth-order valence-electron chi connectivity index (χ4n) is 4.32. The zero-order chi connectivity index (χ0) is 23.7. The molecule has 5 rings (SSSR count). The highest BCUT2D eigenvalue weighted by atomic mass is 16.5.